The standard InChI is InChI=1S/C26H32N2O2/c1-4-5-20-7-9-22(10-8-20)30-17-25(29)28-14-12-21(13-15-28)26-19(3)23-16-18(2)6-11-24(23)27-26/h6-11,16,21,27H,4-5,12-15,17H2,1-3H3. The van der Waals surface area contributed by atoms with Crippen LogP contribution in [0.25, 0.3) is 10.9 Å². The number of rotatable bonds is 6. The van der Waals surface area contributed by atoms with Crippen LogP contribution in [0, 0.1) is 13.8 Å². The van der Waals surface area contributed by atoms with E-state index in [0.717, 1.165) is 44.5 Å². The van der Waals surface area contributed by atoms with Gasteiger partial charge in [-0.05, 0) is 68.5 Å². The number of likely N-dealkylation sites (tertiary alicyclic amines) is 1. The number of carbonyl (C=O) groups is 1. The third-order valence-electron chi connectivity index (χ3n) is 6.33. The van der Waals surface area contributed by atoms with Crippen LogP contribution in [0.3, 0.4) is 0 Å². The molecule has 0 saturated carbocycles. The first-order valence-corrected chi connectivity index (χ1v) is 11.1. The number of fused-ring (bicyclic) bond motifs is 1. The van der Waals surface area contributed by atoms with Gasteiger partial charge in [0.1, 0.15) is 5.75 Å². The molecule has 4 heteroatoms. The monoisotopic (exact) mass is 404 g/mol. The number of nitrogens with zero attached hydrogens (tertiary/aromatic N) is 1. The highest BCUT2D eigenvalue weighted by Crippen LogP contribution is 2.33. The van der Waals surface area contributed by atoms with Crippen molar-refractivity contribution in [1.29, 1.82) is 0 Å². The van der Waals surface area contributed by atoms with Crippen molar-refractivity contribution >= 4 is 16.8 Å². The van der Waals surface area contributed by atoms with E-state index in [-0.39, 0.29) is 12.5 Å². The molecule has 4 nitrogen and oxygen atoms in total. The van der Waals surface area contributed by atoms with E-state index < -0.39 is 0 Å². The van der Waals surface area contributed by atoms with E-state index in [9.17, 15) is 4.79 Å². The first kappa shape index (κ1) is 20.5. The lowest BCUT2D eigenvalue weighted by Crippen LogP contribution is -2.40. The predicted molar refractivity (Wildman–Crippen MR) is 122 cm³/mol. The molecule has 1 aliphatic heterocycles. The van der Waals surface area contributed by atoms with Crippen molar-refractivity contribution in [3.8, 4) is 5.75 Å². The number of carbonyl (C=O) groups excluding carboxylic acids is 1. The van der Waals surface area contributed by atoms with Gasteiger partial charge in [0.2, 0.25) is 0 Å². The van der Waals surface area contributed by atoms with Gasteiger partial charge in [-0.1, -0.05) is 37.1 Å². The van der Waals surface area contributed by atoms with Crippen molar-refractivity contribution in [2.24, 2.45) is 0 Å². The Morgan fingerprint density at radius 1 is 1.10 bits per heavy atom. The molecular formula is C26H32N2O2. The zero-order valence-electron chi connectivity index (χ0n) is 18.3. The topological polar surface area (TPSA) is 45.3 Å². The summed E-state index contributed by atoms with van der Waals surface area (Å²) in [4.78, 5) is 18.2. The molecule has 0 unspecified atom stereocenters. The van der Waals surface area contributed by atoms with Crippen LogP contribution in [0.2, 0.25) is 0 Å². The molecule has 3 aromatic rings. The molecule has 1 saturated heterocycles. The number of piperidine rings is 1. The van der Waals surface area contributed by atoms with Crippen LogP contribution in [0.15, 0.2) is 42.5 Å². The summed E-state index contributed by atoms with van der Waals surface area (Å²) in [7, 11) is 0. The van der Waals surface area contributed by atoms with Gasteiger partial charge in [0.15, 0.2) is 6.61 Å². The lowest BCUT2D eigenvalue weighted by molar-refractivity contribution is -0.134. The molecule has 158 valence electrons. The summed E-state index contributed by atoms with van der Waals surface area (Å²) in [5, 5.41) is 1.32. The van der Waals surface area contributed by atoms with E-state index in [0.29, 0.717) is 5.92 Å². The highest BCUT2D eigenvalue weighted by molar-refractivity contribution is 5.85. The molecular weight excluding hydrogens is 372 g/mol. The van der Waals surface area contributed by atoms with Crippen molar-refractivity contribution < 1.29 is 9.53 Å². The zero-order chi connectivity index (χ0) is 21.1. The maximum atomic E-state index is 12.6. The molecule has 30 heavy (non-hydrogen) atoms. The van der Waals surface area contributed by atoms with Crippen molar-refractivity contribution in [3.63, 3.8) is 0 Å². The van der Waals surface area contributed by atoms with Crippen LogP contribution in [0.1, 0.15) is 54.5 Å². The SMILES string of the molecule is CCCc1ccc(OCC(=O)N2CCC(c3[nH]c4ccc(C)cc4c3C)CC2)cc1. The smallest absolute Gasteiger partial charge is 0.260 e. The Kier molecular flexibility index (Phi) is 6.12. The summed E-state index contributed by atoms with van der Waals surface area (Å²) in [6.07, 6.45) is 4.18. The Labute approximate surface area is 179 Å². The number of hydrogen-bond acceptors (Lipinski definition) is 2. The minimum atomic E-state index is 0.0788. The molecule has 1 fully saturated rings. The van der Waals surface area contributed by atoms with Gasteiger partial charge in [-0.3, -0.25) is 4.79 Å². The summed E-state index contributed by atoms with van der Waals surface area (Å²) in [6, 6.07) is 14.7. The quantitative estimate of drug-likeness (QED) is 0.588. The lowest BCUT2D eigenvalue weighted by atomic mass is 9.91. The normalized spacial score (nSPS) is 15.0. The highest BCUT2D eigenvalue weighted by Gasteiger charge is 2.26. The largest absolute Gasteiger partial charge is 0.484 e. The van der Waals surface area contributed by atoms with Crippen LogP contribution in [-0.4, -0.2) is 35.5 Å². The highest BCUT2D eigenvalue weighted by atomic mass is 16.5. The minimum Gasteiger partial charge on any atom is -0.484 e. The zero-order valence-corrected chi connectivity index (χ0v) is 18.3. The number of aromatic amines is 1. The number of hydrogen-bond donors (Lipinski definition) is 1. The summed E-state index contributed by atoms with van der Waals surface area (Å²) in [5.41, 5.74) is 6.50. The Morgan fingerprint density at radius 2 is 1.83 bits per heavy atom. The van der Waals surface area contributed by atoms with Crippen molar-refractivity contribution in [1.82, 2.24) is 9.88 Å². The van der Waals surface area contributed by atoms with Gasteiger partial charge in [0.25, 0.3) is 5.91 Å². The summed E-state index contributed by atoms with van der Waals surface area (Å²) >= 11 is 0. The van der Waals surface area contributed by atoms with Crippen LogP contribution in [0.5, 0.6) is 5.75 Å². The van der Waals surface area contributed by atoms with E-state index in [4.69, 9.17) is 4.74 Å². The fourth-order valence-corrected chi connectivity index (χ4v) is 4.56. The molecule has 0 radical (unpaired) electrons. The van der Waals surface area contributed by atoms with E-state index in [1.54, 1.807) is 0 Å². The Hall–Kier alpha value is -2.75. The summed E-state index contributed by atoms with van der Waals surface area (Å²) in [6.45, 7) is 8.21. The van der Waals surface area contributed by atoms with Gasteiger partial charge in [-0.15, -0.1) is 0 Å². The van der Waals surface area contributed by atoms with E-state index in [1.807, 2.05) is 17.0 Å². The van der Waals surface area contributed by atoms with Gasteiger partial charge in [0.05, 0.1) is 0 Å². The van der Waals surface area contributed by atoms with Gasteiger partial charge in [-0.25, -0.2) is 0 Å². The van der Waals surface area contributed by atoms with E-state index in [2.05, 4.69) is 56.1 Å². The summed E-state index contributed by atoms with van der Waals surface area (Å²) in [5.74, 6) is 1.32. The minimum absolute atomic E-state index is 0.0788. The molecule has 0 atom stereocenters. The third-order valence-corrected chi connectivity index (χ3v) is 6.33. The maximum absolute atomic E-state index is 12.6. The fraction of sp³-hybridized carbons (Fsp3) is 0.423. The fourth-order valence-electron chi connectivity index (χ4n) is 4.56. The van der Waals surface area contributed by atoms with E-state index >= 15 is 0 Å². The molecule has 1 aliphatic rings. The van der Waals surface area contributed by atoms with Gasteiger partial charge in [0, 0.05) is 35.6 Å². The molecule has 0 aliphatic carbocycles. The van der Waals surface area contributed by atoms with Crippen molar-refractivity contribution in [3.05, 3.63) is 64.8 Å². The number of ether oxygens (including phenoxy) is 1. The van der Waals surface area contributed by atoms with Crippen molar-refractivity contribution in [2.75, 3.05) is 19.7 Å². The van der Waals surface area contributed by atoms with Gasteiger partial charge in [-0.2, -0.15) is 0 Å². The molecule has 0 spiro atoms. The number of aromatic nitrogens is 1. The average Bonchev–Trinajstić information content (AvgIpc) is 3.09. The number of amides is 1. The maximum Gasteiger partial charge on any atom is 0.260 e. The Bertz CT molecular complexity index is 1010. The molecule has 4 rings (SSSR count). The first-order chi connectivity index (χ1) is 14.5. The molecule has 2 heterocycles. The van der Waals surface area contributed by atoms with Crippen LogP contribution in [-0.2, 0) is 11.2 Å². The van der Waals surface area contributed by atoms with E-state index in [1.165, 1.54) is 33.3 Å². The van der Waals surface area contributed by atoms with Crippen LogP contribution in [0.4, 0.5) is 0 Å². The van der Waals surface area contributed by atoms with Crippen LogP contribution >= 0.6 is 0 Å². The third kappa shape index (κ3) is 4.38. The second-order valence-electron chi connectivity index (χ2n) is 8.55. The number of H-pyrrole nitrogens is 1. The lowest BCUT2D eigenvalue weighted by Gasteiger charge is -2.32. The predicted octanol–water partition coefficient (Wildman–Crippen LogP) is 5.52. The van der Waals surface area contributed by atoms with Crippen molar-refractivity contribution in [2.45, 2.75) is 52.4 Å². The van der Waals surface area contributed by atoms with Gasteiger partial charge < -0.3 is 14.6 Å². The molecule has 1 N–H and O–H groups in total. The summed E-state index contributed by atoms with van der Waals surface area (Å²) < 4.78 is 5.74. The number of nitrogens with one attached hydrogen (secondary N) is 1. The average molecular weight is 405 g/mol. The van der Waals surface area contributed by atoms with Crippen LogP contribution < -0.4 is 4.74 Å². The second-order valence-corrected chi connectivity index (χ2v) is 8.55. The molecule has 1 amide bonds. The number of aryl methyl sites for hydroxylation is 3. The Morgan fingerprint density at radius 3 is 2.53 bits per heavy atom. The molecule has 2 aromatic carbocycles. The molecule has 0 bridgehead atoms. The van der Waals surface area contributed by atoms with Gasteiger partial charge >= 0.3 is 0 Å². The molecule has 1 aromatic heterocycles. The second kappa shape index (κ2) is 8.95. The first-order valence-electron chi connectivity index (χ1n) is 11.1. The number of benzene rings is 2. The Balaban J connectivity index is 1.32.